The van der Waals surface area contributed by atoms with Crippen LogP contribution in [0.2, 0.25) is 0 Å². The van der Waals surface area contributed by atoms with E-state index >= 15 is 0 Å². The SMILES string of the molecule is Cc1ccc(NCc2c(OCc3ccc(F)cc3)ccc3ccccc23)cc1C. The predicted octanol–water partition coefficient (Wildman–Crippen LogP) is 6.79. The first-order valence-corrected chi connectivity index (χ1v) is 9.79. The maximum Gasteiger partial charge on any atom is 0.125 e. The van der Waals surface area contributed by atoms with Crippen LogP contribution in [0, 0.1) is 19.7 Å². The first-order chi connectivity index (χ1) is 14.1. The van der Waals surface area contributed by atoms with E-state index in [2.05, 4.69) is 55.6 Å². The van der Waals surface area contributed by atoms with Crippen molar-refractivity contribution < 1.29 is 9.13 Å². The fraction of sp³-hybridized carbons (Fsp3) is 0.154. The van der Waals surface area contributed by atoms with Gasteiger partial charge < -0.3 is 10.1 Å². The van der Waals surface area contributed by atoms with Crippen molar-refractivity contribution in [3.63, 3.8) is 0 Å². The first-order valence-electron chi connectivity index (χ1n) is 9.79. The van der Waals surface area contributed by atoms with Gasteiger partial charge in [-0.2, -0.15) is 0 Å². The maximum atomic E-state index is 13.2. The van der Waals surface area contributed by atoms with Crippen LogP contribution in [-0.4, -0.2) is 0 Å². The molecule has 0 amide bonds. The molecule has 4 rings (SSSR count). The van der Waals surface area contributed by atoms with E-state index in [1.807, 2.05) is 18.2 Å². The van der Waals surface area contributed by atoms with Crippen molar-refractivity contribution in [3.05, 3.63) is 107 Å². The van der Waals surface area contributed by atoms with E-state index in [0.717, 1.165) is 22.6 Å². The summed E-state index contributed by atoms with van der Waals surface area (Å²) in [6.07, 6.45) is 0. The minimum absolute atomic E-state index is 0.238. The van der Waals surface area contributed by atoms with E-state index in [-0.39, 0.29) is 5.82 Å². The summed E-state index contributed by atoms with van der Waals surface area (Å²) < 4.78 is 19.3. The lowest BCUT2D eigenvalue weighted by Crippen LogP contribution is -2.05. The van der Waals surface area contributed by atoms with Gasteiger partial charge in [-0.05, 0) is 71.6 Å². The molecule has 0 aliphatic rings. The topological polar surface area (TPSA) is 21.3 Å². The molecule has 0 saturated heterocycles. The van der Waals surface area contributed by atoms with Crippen LogP contribution < -0.4 is 10.1 Å². The molecule has 0 radical (unpaired) electrons. The molecular formula is C26H24FNO. The number of benzene rings is 4. The summed E-state index contributed by atoms with van der Waals surface area (Å²) in [6, 6.07) is 25.2. The number of rotatable bonds is 6. The number of hydrogen-bond donors (Lipinski definition) is 1. The molecule has 0 atom stereocenters. The zero-order chi connectivity index (χ0) is 20.2. The summed E-state index contributed by atoms with van der Waals surface area (Å²) in [5, 5.41) is 5.88. The Morgan fingerprint density at radius 1 is 0.828 bits per heavy atom. The average molecular weight is 385 g/mol. The summed E-state index contributed by atoms with van der Waals surface area (Å²) in [5.41, 5.74) is 5.69. The monoisotopic (exact) mass is 385 g/mol. The van der Waals surface area contributed by atoms with Gasteiger partial charge in [-0.3, -0.25) is 0 Å². The standard InChI is InChI=1S/C26H24FNO/c1-18-7-13-23(15-19(18)2)28-16-25-24-6-4-3-5-21(24)10-14-26(25)29-17-20-8-11-22(27)12-9-20/h3-15,28H,16-17H2,1-2H3. The van der Waals surface area contributed by atoms with Crippen molar-refractivity contribution in [3.8, 4) is 5.75 Å². The third kappa shape index (κ3) is 4.40. The smallest absolute Gasteiger partial charge is 0.125 e. The van der Waals surface area contributed by atoms with Gasteiger partial charge in [0.2, 0.25) is 0 Å². The van der Waals surface area contributed by atoms with Gasteiger partial charge in [0.1, 0.15) is 18.2 Å². The Hall–Kier alpha value is -3.33. The van der Waals surface area contributed by atoms with Gasteiger partial charge in [-0.1, -0.05) is 48.5 Å². The highest BCUT2D eigenvalue weighted by Crippen LogP contribution is 2.30. The molecule has 0 aliphatic carbocycles. The summed E-state index contributed by atoms with van der Waals surface area (Å²) in [7, 11) is 0. The summed E-state index contributed by atoms with van der Waals surface area (Å²) in [5.74, 6) is 0.599. The second kappa shape index (κ2) is 8.36. The van der Waals surface area contributed by atoms with Crippen molar-refractivity contribution in [1.29, 1.82) is 0 Å². The minimum atomic E-state index is -0.238. The maximum absolute atomic E-state index is 13.2. The Balaban J connectivity index is 1.61. The molecule has 2 nitrogen and oxygen atoms in total. The number of anilines is 1. The van der Waals surface area contributed by atoms with Gasteiger partial charge in [0.05, 0.1) is 0 Å². The zero-order valence-electron chi connectivity index (χ0n) is 16.7. The Bertz CT molecular complexity index is 1140. The fourth-order valence-electron chi connectivity index (χ4n) is 3.42. The lowest BCUT2D eigenvalue weighted by atomic mass is 10.0. The highest BCUT2D eigenvalue weighted by atomic mass is 19.1. The molecule has 3 heteroatoms. The van der Waals surface area contributed by atoms with Crippen LogP contribution in [0.25, 0.3) is 10.8 Å². The molecule has 0 spiro atoms. The number of fused-ring (bicyclic) bond motifs is 1. The highest BCUT2D eigenvalue weighted by Gasteiger charge is 2.10. The van der Waals surface area contributed by atoms with Gasteiger partial charge in [0.15, 0.2) is 0 Å². The van der Waals surface area contributed by atoms with Gasteiger partial charge in [0.25, 0.3) is 0 Å². The lowest BCUT2D eigenvalue weighted by Gasteiger charge is -2.16. The molecule has 0 fully saturated rings. The summed E-state index contributed by atoms with van der Waals surface area (Å²) in [4.78, 5) is 0. The molecule has 4 aromatic rings. The number of halogens is 1. The third-order valence-electron chi connectivity index (χ3n) is 5.28. The van der Waals surface area contributed by atoms with Crippen LogP contribution in [0.4, 0.5) is 10.1 Å². The Labute approximate surface area is 171 Å². The largest absolute Gasteiger partial charge is 0.489 e. The van der Waals surface area contributed by atoms with E-state index in [4.69, 9.17) is 4.74 Å². The van der Waals surface area contributed by atoms with E-state index < -0.39 is 0 Å². The summed E-state index contributed by atoms with van der Waals surface area (Å²) in [6.45, 7) is 5.29. The van der Waals surface area contributed by atoms with Crippen molar-refractivity contribution in [2.24, 2.45) is 0 Å². The third-order valence-corrected chi connectivity index (χ3v) is 5.28. The van der Waals surface area contributed by atoms with Crippen LogP contribution >= 0.6 is 0 Å². The molecule has 146 valence electrons. The van der Waals surface area contributed by atoms with Crippen molar-refractivity contribution in [2.75, 3.05) is 5.32 Å². The molecule has 0 unspecified atom stereocenters. The first kappa shape index (κ1) is 19.0. The van der Waals surface area contributed by atoms with Gasteiger partial charge in [-0.25, -0.2) is 4.39 Å². The Kier molecular flexibility index (Phi) is 5.48. The van der Waals surface area contributed by atoms with E-state index in [1.165, 1.54) is 34.0 Å². The molecular weight excluding hydrogens is 361 g/mol. The van der Waals surface area contributed by atoms with Crippen LogP contribution in [-0.2, 0) is 13.2 Å². The molecule has 1 N–H and O–H groups in total. The fourth-order valence-corrected chi connectivity index (χ4v) is 3.42. The number of ether oxygens (including phenoxy) is 1. The van der Waals surface area contributed by atoms with Gasteiger partial charge in [-0.15, -0.1) is 0 Å². The molecule has 0 aliphatic heterocycles. The quantitative estimate of drug-likeness (QED) is 0.395. The Morgan fingerprint density at radius 2 is 1.62 bits per heavy atom. The van der Waals surface area contributed by atoms with E-state index in [1.54, 1.807) is 12.1 Å². The minimum Gasteiger partial charge on any atom is -0.489 e. The van der Waals surface area contributed by atoms with Crippen molar-refractivity contribution in [2.45, 2.75) is 27.0 Å². The van der Waals surface area contributed by atoms with E-state index in [0.29, 0.717) is 13.2 Å². The van der Waals surface area contributed by atoms with Crippen LogP contribution in [0.15, 0.2) is 78.9 Å². The lowest BCUT2D eigenvalue weighted by molar-refractivity contribution is 0.303. The molecule has 0 bridgehead atoms. The van der Waals surface area contributed by atoms with Crippen LogP contribution in [0.3, 0.4) is 0 Å². The van der Waals surface area contributed by atoms with Gasteiger partial charge in [0, 0.05) is 17.8 Å². The number of aryl methyl sites for hydroxylation is 2. The van der Waals surface area contributed by atoms with Crippen LogP contribution in [0.1, 0.15) is 22.3 Å². The molecule has 0 heterocycles. The van der Waals surface area contributed by atoms with Crippen LogP contribution in [0.5, 0.6) is 5.75 Å². The molecule has 29 heavy (non-hydrogen) atoms. The van der Waals surface area contributed by atoms with Crippen molar-refractivity contribution in [1.82, 2.24) is 0 Å². The second-order valence-electron chi connectivity index (χ2n) is 7.33. The highest BCUT2D eigenvalue weighted by molar-refractivity contribution is 5.88. The summed E-state index contributed by atoms with van der Waals surface area (Å²) >= 11 is 0. The second-order valence-corrected chi connectivity index (χ2v) is 7.33. The Morgan fingerprint density at radius 3 is 2.41 bits per heavy atom. The number of hydrogen-bond acceptors (Lipinski definition) is 2. The molecule has 0 aromatic heterocycles. The predicted molar refractivity (Wildman–Crippen MR) is 118 cm³/mol. The molecule has 4 aromatic carbocycles. The zero-order valence-corrected chi connectivity index (χ0v) is 16.7. The molecule has 0 saturated carbocycles. The normalized spacial score (nSPS) is 10.9. The average Bonchev–Trinajstić information content (AvgIpc) is 2.74. The van der Waals surface area contributed by atoms with Gasteiger partial charge >= 0.3 is 0 Å². The van der Waals surface area contributed by atoms with E-state index in [9.17, 15) is 4.39 Å². The number of nitrogens with one attached hydrogen (secondary N) is 1. The van der Waals surface area contributed by atoms with Crippen molar-refractivity contribution >= 4 is 16.5 Å².